The van der Waals surface area contributed by atoms with E-state index >= 15 is 0 Å². The fraction of sp³-hybridized carbons (Fsp3) is 0.545. The molecule has 8 nitrogen and oxygen atoms in total. The van der Waals surface area contributed by atoms with Crippen molar-refractivity contribution < 1.29 is 10.2 Å². The lowest BCUT2D eigenvalue weighted by Crippen LogP contribution is -2.29. The van der Waals surface area contributed by atoms with E-state index < -0.39 is 12.2 Å². The molecular weight excluding hydrogens is 412 g/mol. The van der Waals surface area contributed by atoms with Gasteiger partial charge in [0.1, 0.15) is 16.3 Å². The average Bonchev–Trinajstić information content (AvgIpc) is 3.36. The molecule has 2 aliphatic carbocycles. The molecule has 0 amide bonds. The summed E-state index contributed by atoms with van der Waals surface area (Å²) in [5, 5.41) is 28.3. The number of hydrogen-bond donors (Lipinski definition) is 4. The van der Waals surface area contributed by atoms with E-state index in [4.69, 9.17) is 15.0 Å². The summed E-state index contributed by atoms with van der Waals surface area (Å²) in [5.41, 5.74) is 2.53. The third-order valence-electron chi connectivity index (χ3n) is 6.31. The summed E-state index contributed by atoms with van der Waals surface area (Å²) in [6.45, 7) is 4.63. The van der Waals surface area contributed by atoms with Crippen molar-refractivity contribution in [2.75, 3.05) is 17.2 Å². The van der Waals surface area contributed by atoms with E-state index in [9.17, 15) is 10.2 Å². The minimum Gasteiger partial charge on any atom is -0.393 e. The number of nitrogens with zero attached hydrogens (tertiary/aromatic N) is 4. The van der Waals surface area contributed by atoms with Crippen LogP contribution in [0.5, 0.6) is 0 Å². The molecule has 2 aliphatic rings. The zero-order valence-corrected chi connectivity index (χ0v) is 18.6. The van der Waals surface area contributed by atoms with Crippen molar-refractivity contribution in [1.29, 1.82) is 0 Å². The summed E-state index contributed by atoms with van der Waals surface area (Å²) < 4.78 is 1.06. The maximum Gasteiger partial charge on any atom is 0.224 e. The van der Waals surface area contributed by atoms with Crippen molar-refractivity contribution in [3.63, 3.8) is 0 Å². The lowest BCUT2D eigenvalue weighted by molar-refractivity contribution is 0.111. The van der Waals surface area contributed by atoms with Gasteiger partial charge in [0.2, 0.25) is 5.95 Å². The first-order valence-electron chi connectivity index (χ1n) is 10.9. The maximum absolute atomic E-state index is 10.6. The van der Waals surface area contributed by atoms with Crippen LogP contribution in [-0.4, -0.2) is 54.9 Å². The van der Waals surface area contributed by atoms with E-state index in [-0.39, 0.29) is 12.0 Å². The van der Waals surface area contributed by atoms with Crippen molar-refractivity contribution in [3.8, 4) is 10.6 Å². The lowest BCUT2D eigenvalue weighted by Gasteiger charge is -2.20. The molecule has 4 N–H and O–H groups in total. The second-order valence-electron chi connectivity index (χ2n) is 8.83. The van der Waals surface area contributed by atoms with Gasteiger partial charge in [-0.1, -0.05) is 0 Å². The molecule has 5 rings (SSSR count). The summed E-state index contributed by atoms with van der Waals surface area (Å²) >= 11 is 1.58. The number of hydrogen-bond acceptors (Lipinski definition) is 9. The molecule has 0 radical (unpaired) electrons. The number of aliphatic hydroxyl groups excluding tert-OH is 2. The van der Waals surface area contributed by atoms with Gasteiger partial charge in [0.05, 0.1) is 40.4 Å². The van der Waals surface area contributed by atoms with E-state index in [1.54, 1.807) is 30.7 Å². The molecule has 9 heteroatoms. The molecule has 0 saturated heterocycles. The SMILES string of the molecule is Cc1nc(NCC2CC2)nc(N[C@@H]2C[C@@H](C(C)O)C[C@H]2O)c1-c1nc2cnccc2s1. The summed E-state index contributed by atoms with van der Waals surface area (Å²) in [6, 6.07) is 1.78. The van der Waals surface area contributed by atoms with Gasteiger partial charge in [0.15, 0.2) is 0 Å². The van der Waals surface area contributed by atoms with E-state index in [0.29, 0.717) is 30.5 Å². The molecular formula is C22H28N6O2S. The Bertz CT molecular complexity index is 1050. The monoisotopic (exact) mass is 440 g/mol. The molecule has 0 aliphatic heterocycles. The second kappa shape index (κ2) is 8.29. The van der Waals surface area contributed by atoms with Gasteiger partial charge in [0, 0.05) is 12.7 Å². The number of thiazole rings is 1. The molecule has 2 saturated carbocycles. The van der Waals surface area contributed by atoms with E-state index in [0.717, 1.165) is 33.0 Å². The van der Waals surface area contributed by atoms with Gasteiger partial charge in [-0.15, -0.1) is 11.3 Å². The van der Waals surface area contributed by atoms with Gasteiger partial charge in [-0.3, -0.25) is 4.98 Å². The molecule has 4 atom stereocenters. The highest BCUT2D eigenvalue weighted by Gasteiger charge is 2.36. The summed E-state index contributed by atoms with van der Waals surface area (Å²) in [4.78, 5) is 18.4. The third kappa shape index (κ3) is 4.35. The quantitative estimate of drug-likeness (QED) is 0.443. The third-order valence-corrected chi connectivity index (χ3v) is 7.36. The number of anilines is 2. The van der Waals surface area contributed by atoms with Crippen molar-refractivity contribution >= 4 is 33.3 Å². The Kier molecular flexibility index (Phi) is 5.49. The zero-order chi connectivity index (χ0) is 21.5. The van der Waals surface area contributed by atoms with Gasteiger partial charge < -0.3 is 20.8 Å². The lowest BCUT2D eigenvalue weighted by atomic mass is 10.0. The average molecular weight is 441 g/mol. The van der Waals surface area contributed by atoms with Crippen LogP contribution >= 0.6 is 11.3 Å². The highest BCUT2D eigenvalue weighted by Crippen LogP contribution is 2.38. The number of nitrogens with one attached hydrogen (secondary N) is 2. The van der Waals surface area contributed by atoms with Crippen LogP contribution in [0.3, 0.4) is 0 Å². The fourth-order valence-corrected chi connectivity index (χ4v) is 5.27. The highest BCUT2D eigenvalue weighted by atomic mass is 32.1. The molecule has 1 unspecified atom stereocenters. The Morgan fingerprint density at radius 3 is 2.77 bits per heavy atom. The first kappa shape index (κ1) is 20.5. The molecule has 2 fully saturated rings. The summed E-state index contributed by atoms with van der Waals surface area (Å²) in [7, 11) is 0. The van der Waals surface area contributed by atoms with Crippen molar-refractivity contribution in [1.82, 2.24) is 19.9 Å². The summed E-state index contributed by atoms with van der Waals surface area (Å²) in [5.74, 6) is 2.05. The molecule has 0 bridgehead atoms. The largest absolute Gasteiger partial charge is 0.393 e. The Labute approximate surface area is 185 Å². The van der Waals surface area contributed by atoms with Crippen LogP contribution in [0.25, 0.3) is 20.8 Å². The van der Waals surface area contributed by atoms with Crippen LogP contribution in [0.4, 0.5) is 11.8 Å². The van der Waals surface area contributed by atoms with Gasteiger partial charge in [-0.25, -0.2) is 9.97 Å². The first-order valence-corrected chi connectivity index (χ1v) is 11.8. The molecule has 31 heavy (non-hydrogen) atoms. The van der Waals surface area contributed by atoms with Gasteiger partial charge in [-0.05, 0) is 57.4 Å². The molecule has 3 heterocycles. The van der Waals surface area contributed by atoms with Crippen LogP contribution < -0.4 is 10.6 Å². The topological polar surface area (TPSA) is 116 Å². The predicted octanol–water partition coefficient (Wildman–Crippen LogP) is 3.21. The second-order valence-corrected chi connectivity index (χ2v) is 9.86. The van der Waals surface area contributed by atoms with Crippen LogP contribution in [-0.2, 0) is 0 Å². The minimum atomic E-state index is -0.537. The van der Waals surface area contributed by atoms with E-state index in [2.05, 4.69) is 15.6 Å². The standard InChI is InChI=1S/C22H28N6O2S/c1-11-19(21-27-16-10-23-6-5-18(16)31-21)20(28-22(25-11)24-9-13-3-4-13)26-15-7-14(12(2)29)8-17(15)30/h5-6,10,12-15,17,29-30H,3-4,7-9H2,1-2H3,(H2,24,25,26,28)/t12?,14-,15-,17-/m1/s1. The Hall–Kier alpha value is -2.36. The zero-order valence-electron chi connectivity index (χ0n) is 17.7. The van der Waals surface area contributed by atoms with Gasteiger partial charge in [0.25, 0.3) is 0 Å². The normalized spacial score (nSPS) is 24.5. The number of pyridine rings is 1. The molecule has 164 valence electrons. The van der Waals surface area contributed by atoms with Crippen LogP contribution in [0.2, 0.25) is 0 Å². The van der Waals surface area contributed by atoms with Gasteiger partial charge in [-0.2, -0.15) is 4.98 Å². The number of fused-ring (bicyclic) bond motifs is 1. The number of aliphatic hydroxyl groups is 2. The van der Waals surface area contributed by atoms with Crippen LogP contribution in [0.1, 0.15) is 38.3 Å². The maximum atomic E-state index is 10.6. The van der Waals surface area contributed by atoms with Crippen LogP contribution in [0, 0.1) is 18.8 Å². The number of rotatable bonds is 7. The number of aryl methyl sites for hydroxylation is 1. The minimum absolute atomic E-state index is 0.0693. The van der Waals surface area contributed by atoms with Gasteiger partial charge >= 0.3 is 0 Å². The Morgan fingerprint density at radius 1 is 1.23 bits per heavy atom. The molecule has 0 aromatic carbocycles. The van der Waals surface area contributed by atoms with Crippen molar-refractivity contribution in [3.05, 3.63) is 24.2 Å². The molecule has 0 spiro atoms. The number of aromatic nitrogens is 4. The smallest absolute Gasteiger partial charge is 0.224 e. The predicted molar refractivity (Wildman–Crippen MR) is 122 cm³/mol. The van der Waals surface area contributed by atoms with Crippen LogP contribution in [0.15, 0.2) is 18.5 Å². The first-order chi connectivity index (χ1) is 15.0. The van der Waals surface area contributed by atoms with E-state index in [1.807, 2.05) is 13.0 Å². The molecule has 3 aromatic rings. The van der Waals surface area contributed by atoms with E-state index in [1.165, 1.54) is 12.8 Å². The molecule has 3 aromatic heterocycles. The van der Waals surface area contributed by atoms with Crippen molar-refractivity contribution in [2.45, 2.75) is 57.8 Å². The Morgan fingerprint density at radius 2 is 2.06 bits per heavy atom. The highest BCUT2D eigenvalue weighted by molar-refractivity contribution is 7.21. The summed E-state index contributed by atoms with van der Waals surface area (Å²) in [6.07, 6.45) is 6.32. The van der Waals surface area contributed by atoms with Crippen molar-refractivity contribution in [2.24, 2.45) is 11.8 Å². The Balaban J connectivity index is 1.51. The fourth-order valence-electron chi connectivity index (χ4n) is 4.24.